The lowest BCUT2D eigenvalue weighted by molar-refractivity contribution is -0.129. The molecule has 0 bridgehead atoms. The van der Waals surface area contributed by atoms with Crippen LogP contribution in [0, 0.1) is 0 Å². The van der Waals surface area contributed by atoms with Gasteiger partial charge in [0.15, 0.2) is 0 Å². The molecule has 6 nitrogen and oxygen atoms in total. The summed E-state index contributed by atoms with van der Waals surface area (Å²) in [5.41, 5.74) is 7.16. The number of carbonyl (C=O) groups is 1. The molecule has 1 aliphatic heterocycles. The Balaban J connectivity index is 0.00000121. The molecule has 4 N–H and O–H groups in total. The zero-order valence-electron chi connectivity index (χ0n) is 12.0. The molecule has 0 unspecified atom stereocenters. The number of nitrogens with two attached hydrogens (primary N) is 1. The first-order chi connectivity index (χ1) is 9.67. The number of amides is 1. The van der Waals surface area contributed by atoms with Crippen molar-refractivity contribution in [3.05, 3.63) is 30.1 Å². The van der Waals surface area contributed by atoms with E-state index in [0.29, 0.717) is 32.6 Å². The lowest BCUT2D eigenvalue weighted by Gasteiger charge is -2.31. The number of hydrogen-bond donors (Lipinski definition) is 3. The summed E-state index contributed by atoms with van der Waals surface area (Å²) in [4.78, 5) is 19.8. The number of para-hydroxylation sites is 2. The first-order valence-corrected chi connectivity index (χ1v) is 6.76. The Labute approximate surface area is 141 Å². The van der Waals surface area contributed by atoms with Gasteiger partial charge in [0.25, 0.3) is 0 Å². The van der Waals surface area contributed by atoms with Crippen molar-refractivity contribution in [2.75, 3.05) is 13.2 Å². The van der Waals surface area contributed by atoms with E-state index in [4.69, 9.17) is 10.5 Å². The van der Waals surface area contributed by atoms with Crippen LogP contribution in [0.5, 0.6) is 0 Å². The van der Waals surface area contributed by atoms with Crippen LogP contribution in [0.1, 0.15) is 18.7 Å². The van der Waals surface area contributed by atoms with E-state index in [1.807, 2.05) is 24.3 Å². The van der Waals surface area contributed by atoms with E-state index >= 15 is 0 Å². The summed E-state index contributed by atoms with van der Waals surface area (Å²) in [7, 11) is 0. The van der Waals surface area contributed by atoms with Crippen LogP contribution in [-0.4, -0.2) is 34.6 Å². The number of nitrogens with zero attached hydrogens (tertiary/aromatic N) is 1. The molecule has 22 heavy (non-hydrogen) atoms. The second-order valence-corrected chi connectivity index (χ2v) is 5.15. The van der Waals surface area contributed by atoms with Crippen LogP contribution in [0.15, 0.2) is 24.3 Å². The lowest BCUT2D eigenvalue weighted by Crippen LogP contribution is -2.56. The second kappa shape index (κ2) is 7.78. The zero-order valence-corrected chi connectivity index (χ0v) is 13.6. The summed E-state index contributed by atoms with van der Waals surface area (Å²) in [6.45, 7) is 1.43. The molecule has 2 aromatic rings. The molecule has 0 spiro atoms. The van der Waals surface area contributed by atoms with E-state index < -0.39 is 5.54 Å². The van der Waals surface area contributed by atoms with Gasteiger partial charge in [-0.1, -0.05) is 12.1 Å². The van der Waals surface area contributed by atoms with E-state index in [1.54, 1.807) is 0 Å². The molecule has 0 saturated carbocycles. The van der Waals surface area contributed by atoms with Crippen LogP contribution in [0.3, 0.4) is 0 Å². The van der Waals surface area contributed by atoms with Crippen LogP contribution >= 0.6 is 24.8 Å². The number of fused-ring (bicyclic) bond motifs is 1. The lowest BCUT2D eigenvalue weighted by atomic mass is 9.90. The second-order valence-electron chi connectivity index (χ2n) is 5.15. The maximum Gasteiger partial charge on any atom is 0.240 e. The van der Waals surface area contributed by atoms with Crippen molar-refractivity contribution in [1.82, 2.24) is 15.3 Å². The smallest absolute Gasteiger partial charge is 0.240 e. The van der Waals surface area contributed by atoms with Gasteiger partial charge in [-0.05, 0) is 25.0 Å². The fourth-order valence-corrected chi connectivity index (χ4v) is 2.39. The zero-order chi connectivity index (χ0) is 14.0. The van der Waals surface area contributed by atoms with Crippen LogP contribution < -0.4 is 11.1 Å². The summed E-state index contributed by atoms with van der Waals surface area (Å²) in [6, 6.07) is 7.76. The molecular weight excluding hydrogens is 327 g/mol. The maximum atomic E-state index is 12.2. The standard InChI is InChI=1S/C14H18N4O2.2ClH/c15-14(5-7-20-8-6-14)13(19)16-9-12-17-10-3-1-2-4-11(10)18-12;;/h1-4H,5-9,15H2,(H,16,19)(H,17,18);2*1H. The summed E-state index contributed by atoms with van der Waals surface area (Å²) in [5.74, 6) is 0.594. The molecule has 0 aliphatic carbocycles. The van der Waals surface area contributed by atoms with Crippen molar-refractivity contribution < 1.29 is 9.53 Å². The fourth-order valence-electron chi connectivity index (χ4n) is 2.39. The molecule has 1 aliphatic rings. The Hall–Kier alpha value is -1.34. The highest BCUT2D eigenvalue weighted by Gasteiger charge is 2.35. The van der Waals surface area contributed by atoms with Gasteiger partial charge in [0.05, 0.1) is 23.1 Å². The van der Waals surface area contributed by atoms with Crippen LogP contribution in [0.4, 0.5) is 0 Å². The van der Waals surface area contributed by atoms with E-state index in [-0.39, 0.29) is 30.7 Å². The minimum Gasteiger partial charge on any atom is -0.381 e. The van der Waals surface area contributed by atoms with Gasteiger partial charge in [-0.15, -0.1) is 24.8 Å². The first-order valence-electron chi connectivity index (χ1n) is 6.76. The quantitative estimate of drug-likeness (QED) is 0.785. The summed E-state index contributed by atoms with van der Waals surface area (Å²) < 4.78 is 5.24. The van der Waals surface area contributed by atoms with Crippen LogP contribution in [0.2, 0.25) is 0 Å². The number of halogens is 2. The predicted molar refractivity (Wildman–Crippen MR) is 89.4 cm³/mol. The Kier molecular flexibility index (Phi) is 6.62. The van der Waals surface area contributed by atoms with Gasteiger partial charge in [-0.2, -0.15) is 0 Å². The van der Waals surface area contributed by atoms with Gasteiger partial charge in [-0.3, -0.25) is 4.79 Å². The Morgan fingerprint density at radius 3 is 2.68 bits per heavy atom. The minimum atomic E-state index is -0.815. The van der Waals surface area contributed by atoms with Gasteiger partial charge >= 0.3 is 0 Å². The van der Waals surface area contributed by atoms with Crippen LogP contribution in [-0.2, 0) is 16.1 Å². The van der Waals surface area contributed by atoms with Gasteiger partial charge in [0.1, 0.15) is 5.82 Å². The number of benzene rings is 1. The highest BCUT2D eigenvalue weighted by Crippen LogP contribution is 2.18. The van der Waals surface area contributed by atoms with Crippen LogP contribution in [0.25, 0.3) is 11.0 Å². The van der Waals surface area contributed by atoms with Crippen molar-refractivity contribution >= 4 is 41.8 Å². The third-order valence-electron chi connectivity index (χ3n) is 3.69. The van der Waals surface area contributed by atoms with Gasteiger partial charge in [-0.25, -0.2) is 4.98 Å². The molecule has 1 fully saturated rings. The molecule has 0 atom stereocenters. The first kappa shape index (κ1) is 18.7. The van der Waals surface area contributed by atoms with E-state index in [2.05, 4.69) is 15.3 Å². The van der Waals surface area contributed by atoms with E-state index in [1.165, 1.54) is 0 Å². The van der Waals surface area contributed by atoms with Gasteiger partial charge < -0.3 is 20.8 Å². The summed E-state index contributed by atoms with van der Waals surface area (Å²) >= 11 is 0. The Bertz CT molecular complexity index is 593. The number of carbonyl (C=O) groups excluding carboxylic acids is 1. The molecule has 122 valence electrons. The van der Waals surface area contributed by atoms with Crippen molar-refractivity contribution in [2.24, 2.45) is 5.73 Å². The minimum absolute atomic E-state index is 0. The van der Waals surface area contributed by atoms with Crippen molar-refractivity contribution in [3.63, 3.8) is 0 Å². The average Bonchev–Trinajstić information content (AvgIpc) is 2.88. The maximum absolute atomic E-state index is 12.2. The molecule has 2 heterocycles. The molecule has 1 aromatic carbocycles. The fraction of sp³-hybridized carbons (Fsp3) is 0.429. The number of imidazole rings is 1. The normalized spacial score (nSPS) is 16.4. The molecule has 3 rings (SSSR count). The number of hydrogen-bond acceptors (Lipinski definition) is 4. The largest absolute Gasteiger partial charge is 0.381 e. The van der Waals surface area contributed by atoms with E-state index in [0.717, 1.165) is 16.9 Å². The Morgan fingerprint density at radius 1 is 1.32 bits per heavy atom. The van der Waals surface area contributed by atoms with Crippen molar-refractivity contribution in [3.8, 4) is 0 Å². The van der Waals surface area contributed by atoms with Crippen molar-refractivity contribution in [1.29, 1.82) is 0 Å². The summed E-state index contributed by atoms with van der Waals surface area (Å²) in [5, 5.41) is 2.86. The number of ether oxygens (including phenoxy) is 1. The summed E-state index contributed by atoms with van der Waals surface area (Å²) in [6.07, 6.45) is 1.11. The molecular formula is C14H20Cl2N4O2. The van der Waals surface area contributed by atoms with Crippen molar-refractivity contribution in [2.45, 2.75) is 24.9 Å². The average molecular weight is 347 g/mol. The third-order valence-corrected chi connectivity index (χ3v) is 3.69. The SMILES string of the molecule is Cl.Cl.NC1(C(=O)NCc2nc3ccccc3[nH]2)CCOCC1. The topological polar surface area (TPSA) is 93.0 Å². The third kappa shape index (κ3) is 3.89. The number of H-pyrrole nitrogens is 1. The highest BCUT2D eigenvalue weighted by atomic mass is 35.5. The van der Waals surface area contributed by atoms with Gasteiger partial charge in [0.2, 0.25) is 5.91 Å². The number of rotatable bonds is 3. The number of nitrogens with one attached hydrogen (secondary N) is 2. The number of aromatic nitrogens is 2. The number of aromatic amines is 1. The van der Waals surface area contributed by atoms with E-state index in [9.17, 15) is 4.79 Å². The molecule has 1 saturated heterocycles. The van der Waals surface area contributed by atoms with Gasteiger partial charge in [0, 0.05) is 13.2 Å². The monoisotopic (exact) mass is 346 g/mol. The molecule has 1 amide bonds. The molecule has 8 heteroatoms. The molecule has 0 radical (unpaired) electrons. The Morgan fingerprint density at radius 2 is 2.00 bits per heavy atom. The predicted octanol–water partition coefficient (Wildman–Crippen LogP) is 1.53. The molecule has 1 aromatic heterocycles. The highest BCUT2D eigenvalue weighted by molar-refractivity contribution is 5.86.